The molecule has 0 spiro atoms. The van der Waals surface area contributed by atoms with E-state index < -0.39 is 4.92 Å². The maximum Gasteiger partial charge on any atom is 0.271 e. The number of rotatable bonds is 6. The van der Waals surface area contributed by atoms with Crippen LogP contribution in [0.25, 0.3) is 5.69 Å². The molecular formula is C28H25N5O5S. The summed E-state index contributed by atoms with van der Waals surface area (Å²) in [4.78, 5) is 17.9. The molecule has 0 aliphatic carbocycles. The van der Waals surface area contributed by atoms with Crippen LogP contribution < -0.4 is 24.4 Å². The summed E-state index contributed by atoms with van der Waals surface area (Å²) in [5.74, 6) is 1.87. The van der Waals surface area contributed by atoms with Crippen LogP contribution in [-0.4, -0.2) is 33.5 Å². The first-order valence-corrected chi connectivity index (χ1v) is 12.7. The van der Waals surface area contributed by atoms with Crippen molar-refractivity contribution < 1.29 is 19.1 Å². The Hall–Kier alpha value is -4.64. The number of non-ortho nitro benzene ring substituents is 1. The summed E-state index contributed by atoms with van der Waals surface area (Å²) in [6.45, 7) is 4.14. The maximum atomic E-state index is 11.6. The average molecular weight is 544 g/mol. The third-order valence-corrected chi connectivity index (χ3v) is 7.45. The van der Waals surface area contributed by atoms with Gasteiger partial charge in [-0.05, 0) is 68.0 Å². The second-order valence-corrected chi connectivity index (χ2v) is 9.70. The van der Waals surface area contributed by atoms with E-state index in [1.165, 1.54) is 12.1 Å². The number of nitrogens with one attached hydrogen (secondary N) is 1. The normalized spacial score (nSPS) is 17.8. The molecule has 1 N–H and O–H groups in total. The summed E-state index contributed by atoms with van der Waals surface area (Å²) in [5.41, 5.74) is 5.03. The van der Waals surface area contributed by atoms with Crippen LogP contribution in [0.2, 0.25) is 0 Å². The van der Waals surface area contributed by atoms with E-state index in [9.17, 15) is 10.1 Å². The third kappa shape index (κ3) is 4.11. The van der Waals surface area contributed by atoms with E-state index >= 15 is 0 Å². The highest BCUT2D eigenvalue weighted by Crippen LogP contribution is 2.46. The molecule has 6 rings (SSSR count). The topological polar surface area (TPSA) is 104 Å². The molecule has 2 aliphatic rings. The Labute approximate surface area is 229 Å². The molecule has 0 radical (unpaired) electrons. The lowest BCUT2D eigenvalue weighted by Gasteiger charge is -2.28. The average Bonchev–Trinajstić information content (AvgIpc) is 3.63. The van der Waals surface area contributed by atoms with Gasteiger partial charge in [0, 0.05) is 41.5 Å². The number of ether oxygens (including phenoxy) is 3. The molecule has 1 saturated heterocycles. The summed E-state index contributed by atoms with van der Waals surface area (Å²) in [6, 6.07) is 17.7. The largest absolute Gasteiger partial charge is 0.495 e. The van der Waals surface area contributed by atoms with Crippen molar-refractivity contribution in [3.8, 4) is 22.9 Å². The Balaban J connectivity index is 1.53. The Bertz CT molecular complexity index is 1610. The van der Waals surface area contributed by atoms with Crippen molar-refractivity contribution >= 4 is 28.7 Å². The summed E-state index contributed by atoms with van der Waals surface area (Å²) in [7, 11) is 1.55. The van der Waals surface area contributed by atoms with Gasteiger partial charge in [-0.3, -0.25) is 15.1 Å². The van der Waals surface area contributed by atoms with Gasteiger partial charge in [0.25, 0.3) is 5.69 Å². The summed E-state index contributed by atoms with van der Waals surface area (Å²) in [5, 5.41) is 15.6. The zero-order valence-corrected chi connectivity index (χ0v) is 22.3. The molecular weight excluding hydrogens is 518 g/mol. The number of aryl methyl sites for hydroxylation is 1. The van der Waals surface area contributed by atoms with Gasteiger partial charge in [-0.25, -0.2) is 0 Å². The molecule has 2 aliphatic heterocycles. The molecule has 0 bridgehead atoms. The molecule has 2 aromatic carbocycles. The van der Waals surface area contributed by atoms with Crippen LogP contribution in [0.3, 0.4) is 0 Å². The monoisotopic (exact) mass is 543 g/mol. The number of nitrogens with zero attached hydrogens (tertiary/aromatic N) is 4. The van der Waals surface area contributed by atoms with E-state index in [0.717, 1.165) is 28.3 Å². The molecule has 0 amide bonds. The minimum Gasteiger partial charge on any atom is -0.495 e. The zero-order valence-electron chi connectivity index (χ0n) is 21.5. The highest BCUT2D eigenvalue weighted by Gasteiger charge is 2.42. The second-order valence-electron chi connectivity index (χ2n) is 9.31. The van der Waals surface area contributed by atoms with Crippen molar-refractivity contribution in [1.82, 2.24) is 14.9 Å². The maximum absolute atomic E-state index is 11.6. The number of nitro groups is 1. The first-order chi connectivity index (χ1) is 18.9. The van der Waals surface area contributed by atoms with E-state index in [4.69, 9.17) is 26.4 Å². The second kappa shape index (κ2) is 9.59. The predicted octanol–water partition coefficient (Wildman–Crippen LogP) is 5.31. The van der Waals surface area contributed by atoms with E-state index in [1.807, 2.05) is 54.8 Å². The summed E-state index contributed by atoms with van der Waals surface area (Å²) < 4.78 is 18.7. The minimum absolute atomic E-state index is 0.0168. The zero-order chi connectivity index (χ0) is 27.3. The fourth-order valence-electron chi connectivity index (χ4n) is 5.41. The number of nitro benzene ring substituents is 1. The Kier molecular flexibility index (Phi) is 6.07. The van der Waals surface area contributed by atoms with Crippen LogP contribution >= 0.6 is 12.2 Å². The number of thiocarbonyl (C=S) groups is 1. The molecule has 39 heavy (non-hydrogen) atoms. The summed E-state index contributed by atoms with van der Waals surface area (Å²) >= 11 is 5.88. The number of fused-ring (bicyclic) bond motifs is 1. The first-order valence-electron chi connectivity index (χ1n) is 12.3. The van der Waals surface area contributed by atoms with E-state index in [2.05, 4.69) is 21.3 Å². The number of anilines is 1. The number of aromatic nitrogens is 2. The van der Waals surface area contributed by atoms with Crippen molar-refractivity contribution in [3.05, 3.63) is 99.6 Å². The van der Waals surface area contributed by atoms with Gasteiger partial charge >= 0.3 is 0 Å². The third-order valence-electron chi connectivity index (χ3n) is 7.14. The van der Waals surface area contributed by atoms with E-state index in [-0.39, 0.29) is 24.6 Å². The lowest BCUT2D eigenvalue weighted by Crippen LogP contribution is -2.29. The molecule has 2 aromatic heterocycles. The highest BCUT2D eigenvalue weighted by atomic mass is 32.1. The lowest BCUT2D eigenvalue weighted by atomic mass is 9.96. The molecule has 2 atom stereocenters. The molecule has 0 saturated carbocycles. The van der Waals surface area contributed by atoms with Crippen molar-refractivity contribution in [2.45, 2.75) is 25.9 Å². The van der Waals surface area contributed by atoms with Gasteiger partial charge in [-0.15, -0.1) is 0 Å². The molecule has 198 valence electrons. The van der Waals surface area contributed by atoms with Crippen LogP contribution in [0.5, 0.6) is 17.2 Å². The number of pyridine rings is 1. The highest BCUT2D eigenvalue weighted by molar-refractivity contribution is 7.80. The molecule has 11 heteroatoms. The quantitative estimate of drug-likeness (QED) is 0.197. The fraction of sp³-hybridized carbons (Fsp3) is 0.214. The predicted molar refractivity (Wildman–Crippen MR) is 149 cm³/mol. The molecule has 4 heterocycles. The SMILES string of the molecule is COc1ccc([N+](=O)[O-])cc1-n1c(C)cc([C@H]2[C@@H](c3ccccn3)NC(=S)N2c2ccc3c(c2)OCO3)c1C. The van der Waals surface area contributed by atoms with Gasteiger partial charge in [0.05, 0.1) is 35.5 Å². The van der Waals surface area contributed by atoms with Crippen molar-refractivity contribution in [3.63, 3.8) is 0 Å². The lowest BCUT2D eigenvalue weighted by molar-refractivity contribution is -0.384. The Morgan fingerprint density at radius 2 is 1.92 bits per heavy atom. The van der Waals surface area contributed by atoms with Crippen molar-refractivity contribution in [2.75, 3.05) is 18.8 Å². The van der Waals surface area contributed by atoms with Crippen LogP contribution in [0.15, 0.2) is 66.9 Å². The van der Waals surface area contributed by atoms with E-state index in [1.54, 1.807) is 19.4 Å². The summed E-state index contributed by atoms with van der Waals surface area (Å²) in [6.07, 6.45) is 1.76. The van der Waals surface area contributed by atoms with E-state index in [0.29, 0.717) is 28.0 Å². The number of hydrogen-bond donors (Lipinski definition) is 1. The number of hydrogen-bond acceptors (Lipinski definition) is 7. The standard InChI is InChI=1S/C28H25N5O5S/c1-16-12-20(17(2)31(16)22-13-19(33(34)35)8-9-23(22)36-3)27-26(21-6-4-5-11-29-21)30-28(39)32(27)18-7-10-24-25(14-18)38-15-37-24/h4-14,26-27H,15H2,1-3H3,(H,30,39)/t26-,27+/m1/s1. The van der Waals surface area contributed by atoms with Gasteiger partial charge in [-0.1, -0.05) is 6.07 Å². The fourth-order valence-corrected chi connectivity index (χ4v) is 5.75. The molecule has 0 unspecified atom stereocenters. The smallest absolute Gasteiger partial charge is 0.271 e. The van der Waals surface area contributed by atoms with Crippen LogP contribution in [0.1, 0.15) is 34.7 Å². The molecule has 4 aromatic rings. The van der Waals surface area contributed by atoms with Crippen LogP contribution in [0.4, 0.5) is 11.4 Å². The van der Waals surface area contributed by atoms with Gasteiger partial charge in [-0.2, -0.15) is 0 Å². The van der Waals surface area contributed by atoms with Crippen molar-refractivity contribution in [1.29, 1.82) is 0 Å². The molecule has 1 fully saturated rings. The number of benzene rings is 2. The van der Waals surface area contributed by atoms with Gasteiger partial charge in [0.15, 0.2) is 16.6 Å². The van der Waals surface area contributed by atoms with Crippen LogP contribution in [-0.2, 0) is 0 Å². The van der Waals surface area contributed by atoms with Crippen LogP contribution in [0, 0.1) is 24.0 Å². The molecule has 10 nitrogen and oxygen atoms in total. The Morgan fingerprint density at radius 1 is 1.10 bits per heavy atom. The van der Waals surface area contributed by atoms with Gasteiger partial charge in [0.1, 0.15) is 5.75 Å². The van der Waals surface area contributed by atoms with Crippen molar-refractivity contribution in [2.24, 2.45) is 0 Å². The minimum atomic E-state index is -0.407. The Morgan fingerprint density at radius 3 is 2.67 bits per heavy atom. The van der Waals surface area contributed by atoms with Gasteiger partial charge < -0.3 is 29.0 Å². The first kappa shape index (κ1) is 24.7. The number of methoxy groups -OCH3 is 1. The van der Waals surface area contributed by atoms with Gasteiger partial charge in [0.2, 0.25) is 6.79 Å².